The summed E-state index contributed by atoms with van der Waals surface area (Å²) in [5.41, 5.74) is -1.71. The number of ether oxygens (including phenoxy) is 5. The zero-order valence-corrected chi connectivity index (χ0v) is 22.7. The fraction of sp³-hybridized carbons (Fsp3) is 0.636. The van der Waals surface area contributed by atoms with Crippen LogP contribution in [-0.4, -0.2) is 89.3 Å². The van der Waals surface area contributed by atoms with Crippen LogP contribution in [0.25, 0.3) is 0 Å². The van der Waals surface area contributed by atoms with E-state index in [4.69, 9.17) is 46.9 Å². The van der Waals surface area contributed by atoms with Gasteiger partial charge in [0.15, 0.2) is 24.5 Å². The summed E-state index contributed by atoms with van der Waals surface area (Å²) in [6.45, 7) is 4.28. The molecule has 0 radical (unpaired) electrons. The smallest absolute Gasteiger partial charge is 0.330 e. The van der Waals surface area contributed by atoms with Crippen molar-refractivity contribution >= 4 is 52.8 Å². The summed E-state index contributed by atoms with van der Waals surface area (Å²) < 4.78 is 28.0. The number of anilines is 1. The summed E-state index contributed by atoms with van der Waals surface area (Å²) in [6, 6.07) is 0. The average molecular weight is 582 g/mol. The van der Waals surface area contributed by atoms with Crippen molar-refractivity contribution in [1.29, 1.82) is 0 Å². The highest BCUT2D eigenvalue weighted by Gasteiger charge is 2.53. The summed E-state index contributed by atoms with van der Waals surface area (Å²) in [7, 11) is 0. The molecule has 1 aliphatic rings. The predicted molar refractivity (Wildman–Crippen MR) is 132 cm³/mol. The molecule has 16 heteroatoms. The van der Waals surface area contributed by atoms with Crippen LogP contribution in [-0.2, 0) is 42.9 Å². The molecule has 1 aromatic rings. The lowest BCUT2D eigenvalue weighted by Crippen LogP contribution is -2.61. The normalized spacial score (nSPS) is 22.7. The quantitative estimate of drug-likeness (QED) is 0.212. The number of carbonyl (C=O) groups is 4. The van der Waals surface area contributed by atoms with Crippen LogP contribution >= 0.6 is 23.2 Å². The zero-order valence-electron chi connectivity index (χ0n) is 21.1. The van der Waals surface area contributed by atoms with Gasteiger partial charge in [-0.05, 0) is 0 Å². The van der Waals surface area contributed by atoms with Gasteiger partial charge in [-0.15, -0.1) is 23.2 Å². The SMILES string of the molecule is CC(=O)OC[C@@H]1O[C@H](n2cc(N(CCCl)CCCl)c(=O)[nH]c2=O)[C@H](OC(C)=O)[C@H](OC(C)=O)[C@H]1OC(C)=O. The zero-order chi connectivity index (χ0) is 28.6. The van der Waals surface area contributed by atoms with Crippen molar-refractivity contribution in [2.75, 3.05) is 36.4 Å². The maximum atomic E-state index is 13.0. The number of carbonyl (C=O) groups excluding carboxylic acids is 4. The number of hydrogen-bond donors (Lipinski definition) is 1. The van der Waals surface area contributed by atoms with Gasteiger partial charge in [0.1, 0.15) is 18.4 Å². The molecule has 0 bridgehead atoms. The first kappa shape index (κ1) is 31.1. The van der Waals surface area contributed by atoms with Crippen LogP contribution in [0.5, 0.6) is 0 Å². The van der Waals surface area contributed by atoms with Crippen LogP contribution in [0.2, 0.25) is 0 Å². The third-order valence-electron chi connectivity index (χ3n) is 5.24. The lowest BCUT2D eigenvalue weighted by Gasteiger charge is -2.44. The minimum absolute atomic E-state index is 0.00115. The molecular formula is C22H29Cl2N3O11. The maximum absolute atomic E-state index is 13.0. The fourth-order valence-electron chi connectivity index (χ4n) is 3.88. The van der Waals surface area contributed by atoms with E-state index in [1.54, 1.807) is 0 Å². The standard InChI is InChI=1S/C22H29Cl2N3O11/c1-11(28)34-10-16-17(35-12(2)29)18(36-13(3)30)19(37-14(4)31)21(38-16)27-9-15(20(32)25-22(27)33)26(7-5-23)8-6-24/h9,16-19,21H,5-8,10H2,1-4H3,(H,25,32,33)/t16-,17-,18+,19+,21-/m0/s1. The van der Waals surface area contributed by atoms with Crippen LogP contribution in [0.3, 0.4) is 0 Å². The van der Waals surface area contributed by atoms with Gasteiger partial charge in [0.25, 0.3) is 5.56 Å². The second kappa shape index (κ2) is 14.2. The number of H-pyrrole nitrogens is 1. The van der Waals surface area contributed by atoms with E-state index in [0.717, 1.165) is 38.5 Å². The van der Waals surface area contributed by atoms with E-state index in [-0.39, 0.29) is 30.5 Å². The molecule has 2 rings (SSSR count). The Bertz CT molecular complexity index is 1130. The number of aromatic amines is 1. The summed E-state index contributed by atoms with van der Waals surface area (Å²) in [5.74, 6) is -2.90. The van der Waals surface area contributed by atoms with Crippen molar-refractivity contribution in [3.8, 4) is 0 Å². The molecule has 38 heavy (non-hydrogen) atoms. The molecule has 0 aliphatic carbocycles. The molecule has 1 N–H and O–H groups in total. The molecule has 0 aromatic carbocycles. The van der Waals surface area contributed by atoms with Gasteiger partial charge >= 0.3 is 29.6 Å². The largest absolute Gasteiger partial charge is 0.463 e. The van der Waals surface area contributed by atoms with Crippen LogP contribution < -0.4 is 16.1 Å². The molecule has 212 valence electrons. The van der Waals surface area contributed by atoms with Crippen molar-refractivity contribution in [2.45, 2.75) is 58.3 Å². The van der Waals surface area contributed by atoms with E-state index < -0.39 is 72.4 Å². The first-order chi connectivity index (χ1) is 17.9. The highest BCUT2D eigenvalue weighted by atomic mass is 35.5. The third-order valence-corrected chi connectivity index (χ3v) is 5.58. The topological polar surface area (TPSA) is 173 Å². The minimum Gasteiger partial charge on any atom is -0.463 e. The number of halogens is 2. The van der Waals surface area contributed by atoms with E-state index in [9.17, 15) is 28.8 Å². The Morgan fingerprint density at radius 3 is 1.92 bits per heavy atom. The number of aromatic nitrogens is 2. The molecule has 0 amide bonds. The Balaban J connectivity index is 2.73. The number of alkyl halides is 2. The van der Waals surface area contributed by atoms with Crippen molar-refractivity contribution in [3.63, 3.8) is 0 Å². The lowest BCUT2D eigenvalue weighted by atomic mass is 9.97. The molecule has 1 fully saturated rings. The Kier molecular flexibility index (Phi) is 11.6. The number of esters is 4. The second-order valence-electron chi connectivity index (χ2n) is 8.14. The van der Waals surface area contributed by atoms with Gasteiger partial charge in [0.2, 0.25) is 0 Å². The van der Waals surface area contributed by atoms with E-state index >= 15 is 0 Å². The van der Waals surface area contributed by atoms with Crippen molar-refractivity contribution in [3.05, 3.63) is 27.0 Å². The molecule has 0 spiro atoms. The summed E-state index contributed by atoms with van der Waals surface area (Å²) in [5, 5.41) is 0. The molecule has 1 aliphatic heterocycles. The number of nitrogens with one attached hydrogen (secondary N) is 1. The Labute approximate surface area is 227 Å². The maximum Gasteiger partial charge on any atom is 0.330 e. The highest BCUT2D eigenvalue weighted by molar-refractivity contribution is 6.18. The molecule has 14 nitrogen and oxygen atoms in total. The summed E-state index contributed by atoms with van der Waals surface area (Å²) in [6.07, 6.45) is -6.11. The minimum atomic E-state index is -1.54. The fourth-order valence-corrected chi connectivity index (χ4v) is 4.28. The van der Waals surface area contributed by atoms with Gasteiger partial charge in [0, 0.05) is 58.7 Å². The second-order valence-corrected chi connectivity index (χ2v) is 8.89. The van der Waals surface area contributed by atoms with Crippen LogP contribution in [0.15, 0.2) is 15.8 Å². The lowest BCUT2D eigenvalue weighted by molar-refractivity contribution is -0.269. The van der Waals surface area contributed by atoms with Gasteiger partial charge in [0.05, 0.1) is 0 Å². The number of rotatable bonds is 11. The first-order valence-electron chi connectivity index (χ1n) is 11.4. The van der Waals surface area contributed by atoms with Crippen LogP contribution in [0.4, 0.5) is 5.69 Å². The predicted octanol–water partition coefficient (Wildman–Crippen LogP) is 0.0762. The molecule has 0 saturated carbocycles. The Morgan fingerprint density at radius 1 is 0.895 bits per heavy atom. The van der Waals surface area contributed by atoms with Crippen molar-refractivity contribution < 1.29 is 42.9 Å². The molecule has 1 saturated heterocycles. The molecule has 5 atom stereocenters. The van der Waals surface area contributed by atoms with E-state index in [0.29, 0.717) is 0 Å². The first-order valence-corrected chi connectivity index (χ1v) is 12.5. The van der Waals surface area contributed by atoms with Crippen molar-refractivity contribution in [2.24, 2.45) is 0 Å². The Morgan fingerprint density at radius 2 is 1.42 bits per heavy atom. The van der Waals surface area contributed by atoms with E-state index in [1.165, 1.54) is 4.90 Å². The number of hydrogen-bond acceptors (Lipinski definition) is 12. The third kappa shape index (κ3) is 8.20. The highest BCUT2D eigenvalue weighted by Crippen LogP contribution is 2.34. The summed E-state index contributed by atoms with van der Waals surface area (Å²) in [4.78, 5) is 76.8. The Hall–Kier alpha value is -3.10. The van der Waals surface area contributed by atoms with Gasteiger partial charge in [-0.2, -0.15) is 0 Å². The van der Waals surface area contributed by atoms with Crippen LogP contribution in [0, 0.1) is 0 Å². The molecule has 0 unspecified atom stereocenters. The van der Waals surface area contributed by atoms with E-state index in [2.05, 4.69) is 4.98 Å². The van der Waals surface area contributed by atoms with Gasteiger partial charge in [-0.25, -0.2) is 4.79 Å². The van der Waals surface area contributed by atoms with Gasteiger partial charge < -0.3 is 28.6 Å². The molecular weight excluding hydrogens is 553 g/mol. The molecule has 2 heterocycles. The average Bonchev–Trinajstić information content (AvgIpc) is 2.80. The van der Waals surface area contributed by atoms with Gasteiger partial charge in [-0.1, -0.05) is 0 Å². The van der Waals surface area contributed by atoms with E-state index in [1.807, 2.05) is 0 Å². The monoisotopic (exact) mass is 581 g/mol. The van der Waals surface area contributed by atoms with Crippen LogP contribution in [0.1, 0.15) is 33.9 Å². The number of nitrogens with zero attached hydrogens (tertiary/aromatic N) is 2. The van der Waals surface area contributed by atoms with Crippen molar-refractivity contribution in [1.82, 2.24) is 9.55 Å². The summed E-state index contributed by atoms with van der Waals surface area (Å²) >= 11 is 11.7. The van der Waals surface area contributed by atoms with Gasteiger partial charge in [-0.3, -0.25) is 33.5 Å². The molecule has 1 aromatic heterocycles.